The van der Waals surface area contributed by atoms with Crippen LogP contribution in [0.3, 0.4) is 0 Å². The van der Waals surface area contributed by atoms with Crippen molar-refractivity contribution < 1.29 is 13.9 Å². The van der Waals surface area contributed by atoms with Crippen LogP contribution in [0.2, 0.25) is 0 Å². The number of rotatable bonds is 2. The van der Waals surface area contributed by atoms with Crippen molar-refractivity contribution in [3.63, 3.8) is 0 Å². The van der Waals surface area contributed by atoms with Crippen LogP contribution in [-0.4, -0.2) is 12.1 Å². The van der Waals surface area contributed by atoms with E-state index in [0.717, 1.165) is 10.8 Å². The van der Waals surface area contributed by atoms with Crippen molar-refractivity contribution in [1.82, 2.24) is 0 Å². The van der Waals surface area contributed by atoms with E-state index in [1.807, 2.05) is 30.3 Å². The van der Waals surface area contributed by atoms with Crippen LogP contribution < -0.4 is 5.43 Å². The molecule has 0 aliphatic carbocycles. The molecule has 1 heterocycles. The van der Waals surface area contributed by atoms with Gasteiger partial charge in [0.1, 0.15) is 5.58 Å². The van der Waals surface area contributed by atoms with Crippen LogP contribution in [0.1, 0.15) is 24.4 Å². The highest BCUT2D eigenvalue weighted by Crippen LogP contribution is 2.24. The van der Waals surface area contributed by atoms with E-state index in [9.17, 15) is 9.59 Å². The highest BCUT2D eigenvalue weighted by Gasteiger charge is 2.16. The Balaban J connectivity index is 2.28. The second-order valence-corrected chi connectivity index (χ2v) is 5.09. The van der Waals surface area contributed by atoms with E-state index in [2.05, 4.69) is 0 Å². The molecular formula is C17H14O4. The van der Waals surface area contributed by atoms with Gasteiger partial charge in [-0.25, -0.2) is 4.79 Å². The Morgan fingerprint density at radius 2 is 1.86 bits per heavy atom. The molecule has 4 nitrogen and oxygen atoms in total. The van der Waals surface area contributed by atoms with Crippen LogP contribution in [0.25, 0.3) is 21.7 Å². The fourth-order valence-corrected chi connectivity index (χ4v) is 2.26. The maximum Gasteiger partial charge on any atom is 0.374 e. The third-order valence-electron chi connectivity index (χ3n) is 3.16. The summed E-state index contributed by atoms with van der Waals surface area (Å²) in [6.45, 7) is 3.49. The Hall–Kier alpha value is -2.62. The molecule has 1 aromatic heterocycles. The lowest BCUT2D eigenvalue weighted by atomic mass is 10.1. The normalized spacial score (nSPS) is 11.2. The Bertz CT molecular complexity index is 890. The monoisotopic (exact) mass is 282 g/mol. The number of carbonyl (C=O) groups is 1. The second kappa shape index (κ2) is 5.05. The number of esters is 1. The minimum atomic E-state index is -0.628. The standard InChI is InChI=1S/C17H14O4/c1-10(2)20-17(19)15-9-14(18)13-8-7-11-5-3-4-6-12(11)16(13)21-15/h3-10H,1-2H3. The van der Waals surface area contributed by atoms with Gasteiger partial charge in [0.15, 0.2) is 5.43 Å². The summed E-state index contributed by atoms with van der Waals surface area (Å²) in [6, 6.07) is 12.3. The van der Waals surface area contributed by atoms with Crippen molar-refractivity contribution in [2.24, 2.45) is 0 Å². The molecule has 3 aromatic rings. The van der Waals surface area contributed by atoms with Gasteiger partial charge in [-0.3, -0.25) is 4.79 Å². The molecule has 0 spiro atoms. The molecule has 0 aliphatic rings. The maximum absolute atomic E-state index is 12.2. The Morgan fingerprint density at radius 3 is 2.62 bits per heavy atom. The minimum absolute atomic E-state index is 0.0717. The molecule has 106 valence electrons. The van der Waals surface area contributed by atoms with Crippen LogP contribution in [0.5, 0.6) is 0 Å². The highest BCUT2D eigenvalue weighted by molar-refractivity contribution is 6.04. The van der Waals surface area contributed by atoms with E-state index < -0.39 is 5.97 Å². The zero-order chi connectivity index (χ0) is 15.0. The van der Waals surface area contributed by atoms with Crippen LogP contribution in [0, 0.1) is 0 Å². The highest BCUT2D eigenvalue weighted by atomic mass is 16.6. The van der Waals surface area contributed by atoms with Crippen molar-refractivity contribution in [3.05, 3.63) is 58.4 Å². The molecule has 0 saturated carbocycles. The molecule has 0 atom stereocenters. The predicted octanol–water partition coefficient (Wildman–Crippen LogP) is 3.51. The number of hydrogen-bond donors (Lipinski definition) is 0. The Kier molecular flexibility index (Phi) is 3.22. The van der Waals surface area contributed by atoms with E-state index in [1.54, 1.807) is 19.9 Å². The van der Waals surface area contributed by atoms with E-state index >= 15 is 0 Å². The summed E-state index contributed by atoms with van der Waals surface area (Å²) in [5.74, 6) is -0.700. The smallest absolute Gasteiger partial charge is 0.374 e. The van der Waals surface area contributed by atoms with Gasteiger partial charge < -0.3 is 9.15 Å². The first-order chi connectivity index (χ1) is 10.1. The topological polar surface area (TPSA) is 56.5 Å². The lowest BCUT2D eigenvalue weighted by molar-refractivity contribution is 0.0342. The lowest BCUT2D eigenvalue weighted by Gasteiger charge is -2.08. The molecular weight excluding hydrogens is 268 g/mol. The molecule has 0 radical (unpaired) electrons. The van der Waals surface area contributed by atoms with Crippen molar-refractivity contribution in [2.45, 2.75) is 20.0 Å². The van der Waals surface area contributed by atoms with Crippen LogP contribution in [-0.2, 0) is 4.74 Å². The second-order valence-electron chi connectivity index (χ2n) is 5.09. The van der Waals surface area contributed by atoms with Crippen LogP contribution in [0.4, 0.5) is 0 Å². The summed E-state index contributed by atoms with van der Waals surface area (Å²) in [4.78, 5) is 24.1. The van der Waals surface area contributed by atoms with Gasteiger partial charge in [0.2, 0.25) is 5.76 Å². The van der Waals surface area contributed by atoms with Crippen molar-refractivity contribution in [1.29, 1.82) is 0 Å². The summed E-state index contributed by atoms with van der Waals surface area (Å²) in [5, 5.41) is 2.20. The van der Waals surface area contributed by atoms with Gasteiger partial charge in [-0.2, -0.15) is 0 Å². The molecule has 0 fully saturated rings. The average Bonchev–Trinajstić information content (AvgIpc) is 2.46. The zero-order valence-corrected chi connectivity index (χ0v) is 11.8. The van der Waals surface area contributed by atoms with Crippen molar-refractivity contribution in [3.8, 4) is 0 Å². The fraction of sp³-hybridized carbons (Fsp3) is 0.176. The quantitative estimate of drug-likeness (QED) is 0.533. The predicted molar refractivity (Wildman–Crippen MR) is 80.5 cm³/mol. The van der Waals surface area contributed by atoms with E-state index in [0.29, 0.717) is 11.0 Å². The molecule has 0 saturated heterocycles. The summed E-state index contributed by atoms with van der Waals surface area (Å²) < 4.78 is 10.7. The molecule has 4 heteroatoms. The summed E-state index contributed by atoms with van der Waals surface area (Å²) in [7, 11) is 0. The fourth-order valence-electron chi connectivity index (χ4n) is 2.26. The van der Waals surface area contributed by atoms with Gasteiger partial charge in [-0.15, -0.1) is 0 Å². The van der Waals surface area contributed by atoms with Gasteiger partial charge in [-0.1, -0.05) is 30.3 Å². The molecule has 21 heavy (non-hydrogen) atoms. The van der Waals surface area contributed by atoms with Gasteiger partial charge in [0.05, 0.1) is 11.5 Å². The zero-order valence-electron chi connectivity index (χ0n) is 11.8. The first-order valence-electron chi connectivity index (χ1n) is 6.73. The van der Waals surface area contributed by atoms with Crippen molar-refractivity contribution >= 4 is 27.7 Å². The number of ether oxygens (including phenoxy) is 1. The van der Waals surface area contributed by atoms with Crippen LogP contribution >= 0.6 is 0 Å². The van der Waals surface area contributed by atoms with E-state index in [1.165, 1.54) is 6.07 Å². The molecule has 3 rings (SSSR count). The van der Waals surface area contributed by atoms with Crippen molar-refractivity contribution in [2.75, 3.05) is 0 Å². The van der Waals surface area contributed by atoms with Gasteiger partial charge >= 0.3 is 5.97 Å². The summed E-state index contributed by atoms with van der Waals surface area (Å²) >= 11 is 0. The molecule has 0 unspecified atom stereocenters. The lowest BCUT2D eigenvalue weighted by Crippen LogP contribution is -2.14. The first kappa shape index (κ1) is 13.4. The SMILES string of the molecule is CC(C)OC(=O)c1cc(=O)c2ccc3ccccc3c2o1. The largest absolute Gasteiger partial charge is 0.457 e. The summed E-state index contributed by atoms with van der Waals surface area (Å²) in [6.07, 6.45) is -0.272. The summed E-state index contributed by atoms with van der Waals surface area (Å²) in [5.41, 5.74) is 0.161. The van der Waals surface area contributed by atoms with E-state index in [-0.39, 0.29) is 17.3 Å². The Morgan fingerprint density at radius 1 is 1.10 bits per heavy atom. The number of hydrogen-bond acceptors (Lipinski definition) is 4. The van der Waals surface area contributed by atoms with Gasteiger partial charge in [-0.05, 0) is 25.3 Å². The Labute approximate surface area is 120 Å². The number of benzene rings is 2. The molecule has 0 amide bonds. The van der Waals surface area contributed by atoms with Crippen LogP contribution in [0.15, 0.2) is 51.7 Å². The minimum Gasteiger partial charge on any atom is -0.457 e. The van der Waals surface area contributed by atoms with Gasteiger partial charge in [0, 0.05) is 11.5 Å². The van der Waals surface area contributed by atoms with Gasteiger partial charge in [0.25, 0.3) is 0 Å². The average molecular weight is 282 g/mol. The number of carbonyl (C=O) groups excluding carboxylic acids is 1. The third kappa shape index (κ3) is 2.40. The first-order valence-corrected chi connectivity index (χ1v) is 6.73. The third-order valence-corrected chi connectivity index (χ3v) is 3.16. The molecule has 0 aliphatic heterocycles. The molecule has 0 bridgehead atoms. The molecule has 0 N–H and O–H groups in total. The van der Waals surface area contributed by atoms with E-state index in [4.69, 9.17) is 9.15 Å². The maximum atomic E-state index is 12.2. The number of fused-ring (bicyclic) bond motifs is 3. The molecule has 2 aromatic carbocycles.